The zero-order chi connectivity index (χ0) is 23.5. The molecule has 4 aromatic rings. The average Bonchev–Trinajstić information content (AvgIpc) is 2.78. The minimum absolute atomic E-state index is 0.0447. The highest BCUT2D eigenvalue weighted by Crippen LogP contribution is 2.35. The van der Waals surface area contributed by atoms with E-state index in [0.717, 1.165) is 16.0 Å². The van der Waals surface area contributed by atoms with Crippen LogP contribution in [0.25, 0.3) is 5.65 Å². The van der Waals surface area contributed by atoms with Crippen LogP contribution >= 0.6 is 11.8 Å². The molecule has 0 fully saturated rings. The number of fused-ring (bicyclic) bond motifs is 1. The van der Waals surface area contributed by atoms with Crippen molar-refractivity contribution in [1.29, 1.82) is 0 Å². The molecule has 0 amide bonds. The lowest BCUT2D eigenvalue weighted by Gasteiger charge is -2.08. The molecule has 4 rings (SSSR count). The van der Waals surface area contributed by atoms with Crippen LogP contribution in [-0.2, 0) is 11.3 Å². The van der Waals surface area contributed by atoms with Crippen molar-refractivity contribution in [1.82, 2.24) is 9.38 Å². The molecule has 2 heterocycles. The second-order valence-electron chi connectivity index (χ2n) is 7.45. The number of nitrogens with zero attached hydrogens (tertiary/aromatic N) is 3. The maximum atomic E-state index is 12.5. The van der Waals surface area contributed by atoms with Gasteiger partial charge in [0.15, 0.2) is 0 Å². The van der Waals surface area contributed by atoms with E-state index in [1.165, 1.54) is 40.4 Å². The van der Waals surface area contributed by atoms with Crippen LogP contribution in [0, 0.1) is 24.0 Å². The number of rotatable bonds is 6. The van der Waals surface area contributed by atoms with E-state index >= 15 is 0 Å². The van der Waals surface area contributed by atoms with E-state index in [1.54, 1.807) is 18.3 Å². The van der Waals surface area contributed by atoms with Crippen molar-refractivity contribution in [2.75, 3.05) is 0 Å². The monoisotopic (exact) mass is 461 g/mol. The number of nitro benzene ring substituents is 1. The Labute approximate surface area is 193 Å². The minimum atomic E-state index is -0.740. The van der Waals surface area contributed by atoms with Crippen molar-refractivity contribution in [3.63, 3.8) is 0 Å². The summed E-state index contributed by atoms with van der Waals surface area (Å²) in [6.07, 6.45) is 1.63. The molecule has 33 heavy (non-hydrogen) atoms. The van der Waals surface area contributed by atoms with Crippen LogP contribution in [0.4, 0.5) is 5.69 Å². The highest BCUT2D eigenvalue weighted by atomic mass is 32.2. The number of benzene rings is 2. The first-order valence-electron chi connectivity index (χ1n) is 9.99. The summed E-state index contributed by atoms with van der Waals surface area (Å²) in [4.78, 5) is 41.5. The lowest BCUT2D eigenvalue weighted by Crippen LogP contribution is -2.16. The summed E-state index contributed by atoms with van der Waals surface area (Å²) in [6.45, 7) is 3.61. The lowest BCUT2D eigenvalue weighted by atomic mass is 10.2. The SMILES string of the molecule is Cc1ccc(Sc2ccc(C(=O)OCc3cc(=O)n4ccc(C)cc4n3)cc2[N+](=O)[O-])cc1. The summed E-state index contributed by atoms with van der Waals surface area (Å²) >= 11 is 1.24. The Morgan fingerprint density at radius 2 is 1.82 bits per heavy atom. The summed E-state index contributed by atoms with van der Waals surface area (Å²) in [6, 6.07) is 16.7. The molecule has 0 atom stereocenters. The Kier molecular flexibility index (Phi) is 6.23. The molecule has 0 aliphatic rings. The molecule has 0 aliphatic heterocycles. The van der Waals surface area contributed by atoms with E-state index in [4.69, 9.17) is 4.74 Å². The third-order valence-corrected chi connectivity index (χ3v) is 5.94. The van der Waals surface area contributed by atoms with Gasteiger partial charge in [0.05, 0.1) is 21.1 Å². The summed E-state index contributed by atoms with van der Waals surface area (Å²) in [7, 11) is 0. The van der Waals surface area contributed by atoms with Crippen LogP contribution in [-0.4, -0.2) is 20.3 Å². The second-order valence-corrected chi connectivity index (χ2v) is 8.56. The first kappa shape index (κ1) is 22.2. The van der Waals surface area contributed by atoms with E-state index in [0.29, 0.717) is 16.2 Å². The quantitative estimate of drug-likeness (QED) is 0.232. The van der Waals surface area contributed by atoms with E-state index in [9.17, 15) is 19.7 Å². The zero-order valence-corrected chi connectivity index (χ0v) is 18.7. The molecule has 0 N–H and O–H groups in total. The fourth-order valence-corrected chi connectivity index (χ4v) is 4.06. The van der Waals surface area contributed by atoms with Crippen molar-refractivity contribution >= 4 is 29.1 Å². The molecule has 0 spiro atoms. The van der Waals surface area contributed by atoms with Gasteiger partial charge in [-0.2, -0.15) is 0 Å². The maximum absolute atomic E-state index is 12.5. The van der Waals surface area contributed by atoms with E-state index < -0.39 is 10.9 Å². The number of carbonyl (C=O) groups is 1. The Bertz CT molecular complexity index is 1430. The molecule has 2 aromatic carbocycles. The number of hydrogen-bond donors (Lipinski definition) is 0. The first-order valence-corrected chi connectivity index (χ1v) is 10.8. The van der Waals surface area contributed by atoms with Crippen LogP contribution in [0.1, 0.15) is 27.2 Å². The standard InChI is InChI=1S/C24H19N3O5S/c1-15-3-6-19(7-4-15)33-21-8-5-17(12-20(21)27(30)31)24(29)32-14-18-13-23(28)26-10-9-16(2)11-22(26)25-18/h3-13H,14H2,1-2H3. The predicted octanol–water partition coefficient (Wildman–Crippen LogP) is 4.73. The summed E-state index contributed by atoms with van der Waals surface area (Å²) < 4.78 is 6.67. The highest BCUT2D eigenvalue weighted by Gasteiger charge is 2.19. The topological polar surface area (TPSA) is 104 Å². The van der Waals surface area contributed by atoms with Gasteiger partial charge in [0, 0.05) is 23.2 Å². The van der Waals surface area contributed by atoms with Crippen molar-refractivity contribution < 1.29 is 14.5 Å². The minimum Gasteiger partial charge on any atom is -0.456 e. The van der Waals surface area contributed by atoms with E-state index in [-0.39, 0.29) is 23.4 Å². The van der Waals surface area contributed by atoms with Gasteiger partial charge < -0.3 is 4.74 Å². The van der Waals surface area contributed by atoms with Crippen molar-refractivity contribution in [3.05, 3.63) is 110 Å². The van der Waals surface area contributed by atoms with Gasteiger partial charge in [-0.05, 0) is 55.8 Å². The smallest absolute Gasteiger partial charge is 0.338 e. The fourth-order valence-electron chi connectivity index (χ4n) is 3.16. The van der Waals surface area contributed by atoms with Gasteiger partial charge in [-0.25, -0.2) is 9.78 Å². The molecule has 0 bridgehead atoms. The van der Waals surface area contributed by atoms with Gasteiger partial charge in [0.1, 0.15) is 12.3 Å². The average molecular weight is 461 g/mol. The fraction of sp³-hybridized carbons (Fsp3) is 0.125. The molecule has 8 nitrogen and oxygen atoms in total. The molecule has 0 aliphatic carbocycles. The van der Waals surface area contributed by atoms with E-state index in [1.807, 2.05) is 38.1 Å². The Balaban J connectivity index is 1.53. The number of ether oxygens (including phenoxy) is 1. The molecular weight excluding hydrogens is 442 g/mol. The highest BCUT2D eigenvalue weighted by molar-refractivity contribution is 7.99. The molecule has 0 saturated carbocycles. The van der Waals surface area contributed by atoms with Crippen molar-refractivity contribution in [2.45, 2.75) is 30.2 Å². The van der Waals surface area contributed by atoms with Crippen LogP contribution in [0.2, 0.25) is 0 Å². The van der Waals surface area contributed by atoms with Crippen molar-refractivity contribution in [3.8, 4) is 0 Å². The van der Waals surface area contributed by atoms with E-state index in [2.05, 4.69) is 4.98 Å². The summed E-state index contributed by atoms with van der Waals surface area (Å²) in [5, 5.41) is 11.6. The van der Waals surface area contributed by atoms with Gasteiger partial charge in [-0.1, -0.05) is 29.5 Å². The lowest BCUT2D eigenvalue weighted by molar-refractivity contribution is -0.387. The van der Waals surface area contributed by atoms with Gasteiger partial charge in [-0.3, -0.25) is 19.3 Å². The molecular formula is C24H19N3O5S. The number of carbonyl (C=O) groups excluding carboxylic acids is 1. The van der Waals surface area contributed by atoms with Crippen molar-refractivity contribution in [2.24, 2.45) is 0 Å². The Hall–Kier alpha value is -3.98. The van der Waals surface area contributed by atoms with Crippen LogP contribution in [0.5, 0.6) is 0 Å². The molecule has 0 saturated heterocycles. The van der Waals surface area contributed by atoms with Gasteiger partial charge in [0.2, 0.25) is 0 Å². The third kappa shape index (κ3) is 5.09. The van der Waals surface area contributed by atoms with Gasteiger partial charge >= 0.3 is 5.97 Å². The summed E-state index contributed by atoms with van der Waals surface area (Å²) in [5.41, 5.74) is 2.33. The second kappa shape index (κ2) is 9.25. The maximum Gasteiger partial charge on any atom is 0.338 e. The Morgan fingerprint density at radius 1 is 1.06 bits per heavy atom. The van der Waals surface area contributed by atoms with Gasteiger partial charge in [-0.15, -0.1) is 0 Å². The predicted molar refractivity (Wildman–Crippen MR) is 124 cm³/mol. The number of aryl methyl sites for hydroxylation is 2. The molecule has 9 heteroatoms. The number of hydrogen-bond acceptors (Lipinski definition) is 7. The summed E-state index contributed by atoms with van der Waals surface area (Å²) in [5.74, 6) is -0.740. The normalized spacial score (nSPS) is 10.8. The third-order valence-electron chi connectivity index (χ3n) is 4.87. The van der Waals surface area contributed by atoms with Crippen LogP contribution in [0.3, 0.4) is 0 Å². The number of nitro groups is 1. The largest absolute Gasteiger partial charge is 0.456 e. The zero-order valence-electron chi connectivity index (χ0n) is 17.8. The first-order chi connectivity index (χ1) is 15.8. The number of esters is 1. The Morgan fingerprint density at radius 3 is 2.55 bits per heavy atom. The van der Waals surface area contributed by atoms with Crippen LogP contribution in [0.15, 0.2) is 81.4 Å². The molecule has 2 aromatic heterocycles. The number of pyridine rings is 1. The van der Waals surface area contributed by atoms with Gasteiger partial charge in [0.25, 0.3) is 11.2 Å². The molecule has 0 radical (unpaired) electrons. The molecule has 166 valence electrons. The van der Waals surface area contributed by atoms with Crippen LogP contribution < -0.4 is 5.56 Å². The molecule has 0 unspecified atom stereocenters. The number of aromatic nitrogens is 2.